The molecule has 0 saturated carbocycles. The Balaban J connectivity index is 1.38. The molecule has 3 aromatic carbocycles. The van der Waals surface area contributed by atoms with Crippen molar-refractivity contribution in [1.29, 1.82) is 0 Å². The van der Waals surface area contributed by atoms with Crippen molar-refractivity contribution in [1.82, 2.24) is 0 Å². The summed E-state index contributed by atoms with van der Waals surface area (Å²) < 4.78 is 5.08. The number of nitrogens with zero attached hydrogens (tertiary/aromatic N) is 2. The number of para-hydroxylation sites is 1. The van der Waals surface area contributed by atoms with Gasteiger partial charge < -0.3 is 25.0 Å². The quantitative estimate of drug-likeness (QED) is 0.301. The number of rotatable bonds is 4. The number of ether oxygens (including phenoxy) is 1. The summed E-state index contributed by atoms with van der Waals surface area (Å²) in [5, 5.41) is 13.3. The molecule has 2 aliphatic heterocycles. The summed E-state index contributed by atoms with van der Waals surface area (Å²) >= 11 is 6.27. The number of hydrogen-bond acceptors (Lipinski definition) is 5. The van der Waals surface area contributed by atoms with E-state index in [1.807, 2.05) is 6.07 Å². The Morgan fingerprint density at radius 3 is 2.47 bits per heavy atom. The number of carbonyl (C=O) groups is 1. The zero-order valence-corrected chi connectivity index (χ0v) is 21.7. The molecule has 0 spiro atoms. The molecule has 5 rings (SSSR count). The van der Waals surface area contributed by atoms with Crippen LogP contribution in [0.1, 0.15) is 36.6 Å². The normalized spacial score (nSPS) is 18.8. The molecule has 7 heteroatoms. The first kappa shape index (κ1) is 24.3. The maximum Gasteiger partial charge on any atom is 0.511 e. The minimum Gasteiger partial charge on any atom is -0.449 e. The van der Waals surface area contributed by atoms with E-state index in [0.29, 0.717) is 10.7 Å². The largest absolute Gasteiger partial charge is 0.511 e. The van der Waals surface area contributed by atoms with Crippen LogP contribution in [-0.2, 0) is 6.42 Å². The number of halogens is 1. The fraction of sp³-hybridized carbons (Fsp3) is 0.345. The second-order valence-electron chi connectivity index (χ2n) is 10.4. The standard InChI is InChI=1S/C29H32ClN3O3/c1-19-7-4-5-10-24(19)33-13-11-32(12-14-33)23-9-6-8-20(16-23)27-29(2,3)18-21-15-22(30)17-25(26(21)31-27)36-28(34)35/h4-10,15-17,27,31H,11-14,18H2,1-3H3,(H,34,35). The highest BCUT2D eigenvalue weighted by Gasteiger charge is 2.38. The van der Waals surface area contributed by atoms with Crippen LogP contribution in [0.4, 0.5) is 21.9 Å². The molecule has 2 heterocycles. The predicted octanol–water partition coefficient (Wildman–Crippen LogP) is 6.77. The Morgan fingerprint density at radius 1 is 1.03 bits per heavy atom. The minimum atomic E-state index is -1.35. The highest BCUT2D eigenvalue weighted by atomic mass is 35.5. The molecular weight excluding hydrogens is 474 g/mol. The van der Waals surface area contributed by atoms with Crippen molar-refractivity contribution < 1.29 is 14.6 Å². The van der Waals surface area contributed by atoms with E-state index in [4.69, 9.17) is 16.3 Å². The molecule has 36 heavy (non-hydrogen) atoms. The highest BCUT2D eigenvalue weighted by molar-refractivity contribution is 6.31. The van der Waals surface area contributed by atoms with Crippen molar-refractivity contribution in [2.24, 2.45) is 5.41 Å². The van der Waals surface area contributed by atoms with Crippen LogP contribution in [0.5, 0.6) is 5.75 Å². The molecule has 2 N–H and O–H groups in total. The lowest BCUT2D eigenvalue weighted by Crippen LogP contribution is -2.46. The number of nitrogens with one attached hydrogen (secondary N) is 1. The van der Waals surface area contributed by atoms with Crippen LogP contribution >= 0.6 is 11.6 Å². The van der Waals surface area contributed by atoms with Gasteiger partial charge >= 0.3 is 6.16 Å². The van der Waals surface area contributed by atoms with E-state index in [9.17, 15) is 9.90 Å². The Labute approximate surface area is 217 Å². The molecule has 6 nitrogen and oxygen atoms in total. The van der Waals surface area contributed by atoms with Crippen LogP contribution in [0, 0.1) is 12.3 Å². The summed E-state index contributed by atoms with van der Waals surface area (Å²) in [6.45, 7) is 10.5. The molecule has 2 aliphatic rings. The molecule has 1 fully saturated rings. The van der Waals surface area contributed by atoms with E-state index in [0.717, 1.165) is 38.2 Å². The summed E-state index contributed by atoms with van der Waals surface area (Å²) in [5.74, 6) is 0.244. The third-order valence-electron chi connectivity index (χ3n) is 7.37. The fourth-order valence-corrected chi connectivity index (χ4v) is 5.84. The SMILES string of the molecule is Cc1ccccc1N1CCN(c2cccc(C3Nc4c(cc(Cl)cc4OC(=O)O)CC3(C)C)c2)CC1. The summed E-state index contributed by atoms with van der Waals surface area (Å²) in [6.07, 6.45) is -0.606. The summed E-state index contributed by atoms with van der Waals surface area (Å²) in [6, 6.07) is 20.7. The molecule has 0 amide bonds. The lowest BCUT2D eigenvalue weighted by molar-refractivity contribution is 0.144. The maximum atomic E-state index is 11.3. The second-order valence-corrected chi connectivity index (χ2v) is 10.8. The lowest BCUT2D eigenvalue weighted by atomic mass is 9.73. The van der Waals surface area contributed by atoms with Crippen LogP contribution < -0.4 is 19.9 Å². The highest BCUT2D eigenvalue weighted by Crippen LogP contribution is 2.49. The van der Waals surface area contributed by atoms with E-state index in [-0.39, 0.29) is 17.2 Å². The van der Waals surface area contributed by atoms with Gasteiger partial charge in [0.25, 0.3) is 0 Å². The monoisotopic (exact) mass is 505 g/mol. The van der Waals surface area contributed by atoms with Gasteiger partial charge in [0.2, 0.25) is 0 Å². The van der Waals surface area contributed by atoms with Gasteiger partial charge in [0.1, 0.15) is 0 Å². The topological polar surface area (TPSA) is 65.0 Å². The molecule has 0 aromatic heterocycles. The third-order valence-corrected chi connectivity index (χ3v) is 7.58. The molecule has 1 unspecified atom stereocenters. The number of anilines is 3. The summed E-state index contributed by atoms with van der Waals surface area (Å²) in [7, 11) is 0. The van der Waals surface area contributed by atoms with Crippen LogP contribution in [-0.4, -0.2) is 37.4 Å². The Hall–Kier alpha value is -3.38. The first-order valence-electron chi connectivity index (χ1n) is 12.4. The van der Waals surface area contributed by atoms with Gasteiger partial charge in [-0.05, 0) is 59.7 Å². The van der Waals surface area contributed by atoms with E-state index >= 15 is 0 Å². The number of piperazine rings is 1. The molecule has 0 aliphatic carbocycles. The van der Waals surface area contributed by atoms with Gasteiger partial charge in [0.15, 0.2) is 5.75 Å². The Morgan fingerprint density at radius 2 is 1.75 bits per heavy atom. The van der Waals surface area contributed by atoms with Crippen molar-refractivity contribution >= 4 is 34.8 Å². The van der Waals surface area contributed by atoms with Crippen molar-refractivity contribution in [3.63, 3.8) is 0 Å². The van der Waals surface area contributed by atoms with Gasteiger partial charge in [0, 0.05) is 48.6 Å². The van der Waals surface area contributed by atoms with E-state index in [1.165, 1.54) is 22.5 Å². The van der Waals surface area contributed by atoms with E-state index in [2.05, 4.69) is 84.4 Å². The average Bonchev–Trinajstić information content (AvgIpc) is 2.83. The summed E-state index contributed by atoms with van der Waals surface area (Å²) in [5.41, 5.74) is 6.54. The van der Waals surface area contributed by atoms with Gasteiger partial charge in [-0.3, -0.25) is 0 Å². The van der Waals surface area contributed by atoms with Crippen molar-refractivity contribution in [3.05, 3.63) is 82.4 Å². The zero-order valence-electron chi connectivity index (χ0n) is 20.9. The third kappa shape index (κ3) is 4.82. The maximum absolute atomic E-state index is 11.3. The minimum absolute atomic E-state index is 0.0180. The molecule has 0 bridgehead atoms. The van der Waals surface area contributed by atoms with Crippen molar-refractivity contribution in [2.75, 3.05) is 41.3 Å². The van der Waals surface area contributed by atoms with Gasteiger partial charge in [-0.25, -0.2) is 4.79 Å². The smallest absolute Gasteiger partial charge is 0.449 e. The second kappa shape index (κ2) is 9.58. The zero-order chi connectivity index (χ0) is 25.4. The number of benzene rings is 3. The molecule has 188 valence electrons. The molecular formula is C29H32ClN3O3. The number of aryl methyl sites for hydroxylation is 1. The van der Waals surface area contributed by atoms with Crippen LogP contribution in [0.3, 0.4) is 0 Å². The van der Waals surface area contributed by atoms with Crippen LogP contribution in [0.2, 0.25) is 5.02 Å². The fourth-order valence-electron chi connectivity index (χ4n) is 5.61. The van der Waals surface area contributed by atoms with Gasteiger partial charge in [-0.15, -0.1) is 0 Å². The Kier molecular flexibility index (Phi) is 6.47. The molecule has 1 saturated heterocycles. The summed E-state index contributed by atoms with van der Waals surface area (Å²) in [4.78, 5) is 16.2. The Bertz CT molecular complexity index is 1280. The number of fused-ring (bicyclic) bond motifs is 1. The predicted molar refractivity (Wildman–Crippen MR) is 146 cm³/mol. The molecule has 3 aromatic rings. The lowest BCUT2D eigenvalue weighted by Gasteiger charge is -2.42. The number of carboxylic acid groups (broad SMARTS) is 1. The number of hydrogen-bond donors (Lipinski definition) is 2. The van der Waals surface area contributed by atoms with Crippen molar-refractivity contribution in [3.8, 4) is 5.75 Å². The molecule has 0 radical (unpaired) electrons. The van der Waals surface area contributed by atoms with E-state index < -0.39 is 6.16 Å². The van der Waals surface area contributed by atoms with Crippen molar-refractivity contribution in [2.45, 2.75) is 33.2 Å². The van der Waals surface area contributed by atoms with Gasteiger partial charge in [-0.2, -0.15) is 0 Å². The van der Waals surface area contributed by atoms with Gasteiger partial charge in [-0.1, -0.05) is 55.8 Å². The van der Waals surface area contributed by atoms with Crippen LogP contribution in [0.25, 0.3) is 0 Å². The van der Waals surface area contributed by atoms with Gasteiger partial charge in [0.05, 0.1) is 11.7 Å². The average molecular weight is 506 g/mol. The van der Waals surface area contributed by atoms with Crippen LogP contribution in [0.15, 0.2) is 60.7 Å². The molecule has 1 atom stereocenters. The first-order valence-corrected chi connectivity index (χ1v) is 12.7. The van der Waals surface area contributed by atoms with E-state index in [1.54, 1.807) is 6.07 Å². The first-order chi connectivity index (χ1) is 17.2.